The van der Waals surface area contributed by atoms with Gasteiger partial charge in [0.1, 0.15) is 23.6 Å². The second-order valence-corrected chi connectivity index (χ2v) is 5.12. The van der Waals surface area contributed by atoms with Gasteiger partial charge in [-0.15, -0.1) is 0 Å². The van der Waals surface area contributed by atoms with E-state index in [-0.39, 0.29) is 11.9 Å². The molecule has 1 heterocycles. The molecule has 0 saturated carbocycles. The Hall–Kier alpha value is -2.63. The number of hydrogen-bond donors (Lipinski definition) is 2. The number of anilines is 1. The molecule has 0 bridgehead atoms. The lowest BCUT2D eigenvalue weighted by Gasteiger charge is -2.09. The molecule has 0 aliphatic carbocycles. The van der Waals surface area contributed by atoms with Crippen molar-refractivity contribution in [1.82, 2.24) is 15.3 Å². The first-order valence-electron chi connectivity index (χ1n) is 7.08. The highest BCUT2D eigenvalue weighted by atomic mass is 16.5. The van der Waals surface area contributed by atoms with Crippen LogP contribution in [0.15, 0.2) is 36.7 Å². The molecule has 0 fully saturated rings. The summed E-state index contributed by atoms with van der Waals surface area (Å²) in [6, 6.07) is 9.45. The first-order valence-corrected chi connectivity index (χ1v) is 7.08. The zero-order chi connectivity index (χ0) is 15.9. The molecule has 2 rings (SSSR count). The second kappa shape index (κ2) is 7.40. The quantitative estimate of drug-likeness (QED) is 0.855. The van der Waals surface area contributed by atoms with Crippen LogP contribution in [0.25, 0.3) is 0 Å². The first kappa shape index (κ1) is 15.8. The molecule has 0 spiro atoms. The van der Waals surface area contributed by atoms with Crippen molar-refractivity contribution in [3.05, 3.63) is 47.9 Å². The molecule has 116 valence electrons. The van der Waals surface area contributed by atoms with Crippen LogP contribution in [0.4, 0.5) is 5.82 Å². The molecular formula is C16H20N4O2. The minimum atomic E-state index is -0.204. The molecule has 0 aliphatic rings. The Balaban J connectivity index is 1.99. The van der Waals surface area contributed by atoms with Crippen LogP contribution in [-0.2, 0) is 6.54 Å². The fraction of sp³-hybridized carbons (Fsp3) is 0.312. The van der Waals surface area contributed by atoms with E-state index in [4.69, 9.17) is 4.74 Å². The number of hydrogen-bond acceptors (Lipinski definition) is 5. The van der Waals surface area contributed by atoms with Gasteiger partial charge in [-0.05, 0) is 31.5 Å². The van der Waals surface area contributed by atoms with E-state index in [1.54, 1.807) is 13.2 Å². The monoisotopic (exact) mass is 300 g/mol. The van der Waals surface area contributed by atoms with Crippen molar-refractivity contribution in [2.45, 2.75) is 26.4 Å². The van der Waals surface area contributed by atoms with E-state index in [0.29, 0.717) is 18.1 Å². The van der Waals surface area contributed by atoms with Crippen molar-refractivity contribution in [3.63, 3.8) is 0 Å². The zero-order valence-electron chi connectivity index (χ0n) is 13.0. The number of carbonyl (C=O) groups is 1. The topological polar surface area (TPSA) is 76.1 Å². The molecule has 22 heavy (non-hydrogen) atoms. The summed E-state index contributed by atoms with van der Waals surface area (Å²) in [6.45, 7) is 4.41. The number of ether oxygens (including phenoxy) is 1. The SMILES string of the molecule is COc1ccc(CNc2cc(C(=O)NC(C)C)ncn2)cc1. The molecular weight excluding hydrogens is 280 g/mol. The number of rotatable bonds is 6. The van der Waals surface area contributed by atoms with Crippen molar-refractivity contribution in [2.24, 2.45) is 0 Å². The third-order valence-electron chi connectivity index (χ3n) is 2.95. The second-order valence-electron chi connectivity index (χ2n) is 5.12. The van der Waals surface area contributed by atoms with Crippen LogP contribution in [0.3, 0.4) is 0 Å². The third-order valence-corrected chi connectivity index (χ3v) is 2.95. The predicted molar refractivity (Wildman–Crippen MR) is 85.0 cm³/mol. The van der Waals surface area contributed by atoms with E-state index in [9.17, 15) is 4.79 Å². The number of amides is 1. The number of nitrogens with one attached hydrogen (secondary N) is 2. The van der Waals surface area contributed by atoms with Gasteiger partial charge >= 0.3 is 0 Å². The molecule has 0 unspecified atom stereocenters. The Morgan fingerprint density at radius 1 is 1.23 bits per heavy atom. The minimum Gasteiger partial charge on any atom is -0.497 e. The maximum Gasteiger partial charge on any atom is 0.270 e. The Bertz CT molecular complexity index is 626. The summed E-state index contributed by atoms with van der Waals surface area (Å²) in [5.74, 6) is 1.23. The average molecular weight is 300 g/mol. The highest BCUT2D eigenvalue weighted by molar-refractivity contribution is 5.92. The Labute approximate surface area is 129 Å². The van der Waals surface area contributed by atoms with E-state index in [1.165, 1.54) is 6.33 Å². The van der Waals surface area contributed by atoms with Gasteiger partial charge in [0.2, 0.25) is 0 Å². The highest BCUT2D eigenvalue weighted by Crippen LogP contribution is 2.13. The molecule has 0 radical (unpaired) electrons. The summed E-state index contributed by atoms with van der Waals surface area (Å²) < 4.78 is 5.12. The van der Waals surface area contributed by atoms with E-state index < -0.39 is 0 Å². The molecule has 0 aliphatic heterocycles. The molecule has 6 nitrogen and oxygen atoms in total. The van der Waals surface area contributed by atoms with Crippen LogP contribution in [-0.4, -0.2) is 29.0 Å². The molecule has 1 aromatic heterocycles. The Morgan fingerprint density at radius 2 is 1.95 bits per heavy atom. The fourth-order valence-corrected chi connectivity index (χ4v) is 1.85. The van der Waals surface area contributed by atoms with Gasteiger partial charge in [0, 0.05) is 18.7 Å². The summed E-state index contributed by atoms with van der Waals surface area (Å²) in [7, 11) is 1.64. The average Bonchev–Trinajstić information content (AvgIpc) is 2.53. The fourth-order valence-electron chi connectivity index (χ4n) is 1.85. The molecule has 1 amide bonds. The van der Waals surface area contributed by atoms with Gasteiger partial charge in [-0.2, -0.15) is 0 Å². The van der Waals surface area contributed by atoms with Crippen LogP contribution in [0.5, 0.6) is 5.75 Å². The van der Waals surface area contributed by atoms with Gasteiger partial charge in [0.15, 0.2) is 0 Å². The normalized spacial score (nSPS) is 10.4. The largest absolute Gasteiger partial charge is 0.497 e. The maximum atomic E-state index is 11.9. The van der Waals surface area contributed by atoms with Crippen LogP contribution < -0.4 is 15.4 Å². The number of carbonyl (C=O) groups excluding carboxylic acids is 1. The zero-order valence-corrected chi connectivity index (χ0v) is 13.0. The lowest BCUT2D eigenvalue weighted by molar-refractivity contribution is 0.0938. The predicted octanol–water partition coefficient (Wildman–Crippen LogP) is 2.24. The summed E-state index contributed by atoms with van der Waals surface area (Å²) >= 11 is 0. The van der Waals surface area contributed by atoms with E-state index in [0.717, 1.165) is 11.3 Å². The Kier molecular flexibility index (Phi) is 5.30. The third kappa shape index (κ3) is 4.44. The van der Waals surface area contributed by atoms with Crippen molar-refractivity contribution in [1.29, 1.82) is 0 Å². The van der Waals surface area contributed by atoms with Gasteiger partial charge in [-0.3, -0.25) is 4.79 Å². The van der Waals surface area contributed by atoms with Crippen LogP contribution in [0.1, 0.15) is 29.9 Å². The number of methoxy groups -OCH3 is 1. The van der Waals surface area contributed by atoms with Gasteiger partial charge in [0.05, 0.1) is 7.11 Å². The van der Waals surface area contributed by atoms with Crippen LogP contribution >= 0.6 is 0 Å². The van der Waals surface area contributed by atoms with Gasteiger partial charge in [0.25, 0.3) is 5.91 Å². The Morgan fingerprint density at radius 3 is 2.59 bits per heavy atom. The highest BCUT2D eigenvalue weighted by Gasteiger charge is 2.09. The molecule has 6 heteroatoms. The number of aromatic nitrogens is 2. The molecule has 1 aromatic carbocycles. The molecule has 2 aromatic rings. The van der Waals surface area contributed by atoms with Gasteiger partial charge < -0.3 is 15.4 Å². The van der Waals surface area contributed by atoms with Gasteiger partial charge in [-0.25, -0.2) is 9.97 Å². The standard InChI is InChI=1S/C16H20N4O2/c1-11(2)20-16(21)14-8-15(19-10-18-14)17-9-12-4-6-13(22-3)7-5-12/h4-8,10-11H,9H2,1-3H3,(H,20,21)(H,17,18,19). The van der Waals surface area contributed by atoms with Crippen LogP contribution in [0, 0.1) is 0 Å². The van der Waals surface area contributed by atoms with E-state index in [2.05, 4.69) is 20.6 Å². The summed E-state index contributed by atoms with van der Waals surface area (Å²) in [6.07, 6.45) is 1.38. The summed E-state index contributed by atoms with van der Waals surface area (Å²) in [5.41, 5.74) is 1.44. The van der Waals surface area contributed by atoms with Crippen LogP contribution in [0.2, 0.25) is 0 Å². The molecule has 0 atom stereocenters. The van der Waals surface area contributed by atoms with Crippen molar-refractivity contribution in [3.8, 4) is 5.75 Å². The van der Waals surface area contributed by atoms with Crippen molar-refractivity contribution >= 4 is 11.7 Å². The summed E-state index contributed by atoms with van der Waals surface area (Å²) in [5, 5.41) is 5.98. The molecule has 0 saturated heterocycles. The first-order chi connectivity index (χ1) is 10.6. The minimum absolute atomic E-state index is 0.0678. The van der Waals surface area contributed by atoms with Crippen molar-refractivity contribution in [2.75, 3.05) is 12.4 Å². The smallest absolute Gasteiger partial charge is 0.270 e. The lowest BCUT2D eigenvalue weighted by atomic mass is 10.2. The maximum absolute atomic E-state index is 11.9. The van der Waals surface area contributed by atoms with E-state index in [1.807, 2.05) is 38.1 Å². The lowest BCUT2D eigenvalue weighted by Crippen LogP contribution is -2.30. The van der Waals surface area contributed by atoms with E-state index >= 15 is 0 Å². The number of nitrogens with zero attached hydrogens (tertiary/aromatic N) is 2. The van der Waals surface area contributed by atoms with Gasteiger partial charge in [-0.1, -0.05) is 12.1 Å². The summed E-state index contributed by atoms with van der Waals surface area (Å²) in [4.78, 5) is 20.0. The van der Waals surface area contributed by atoms with Crippen molar-refractivity contribution < 1.29 is 9.53 Å². The molecule has 2 N–H and O–H groups in total. The number of benzene rings is 1.